The largest absolute Gasteiger partial charge is 0.496 e. The Bertz CT molecular complexity index is 1330. The number of pyridine rings is 1. The van der Waals surface area contributed by atoms with Crippen LogP contribution < -0.4 is 4.74 Å². The Balaban J connectivity index is 1.82. The monoisotopic (exact) mass is 413 g/mol. The van der Waals surface area contributed by atoms with Gasteiger partial charge in [-0.3, -0.25) is 0 Å². The van der Waals surface area contributed by atoms with Crippen molar-refractivity contribution in [1.29, 1.82) is 0 Å². The molecule has 0 amide bonds. The molecular weight excluding hydrogens is 393 g/mol. The first-order valence-electron chi connectivity index (χ1n) is 10.2. The maximum atomic E-state index is 13.9. The maximum absolute atomic E-state index is 13.9. The lowest BCUT2D eigenvalue weighted by atomic mass is 9.92. The number of fused-ring (bicyclic) bond motifs is 4. The van der Waals surface area contributed by atoms with Gasteiger partial charge >= 0.3 is 5.97 Å². The van der Waals surface area contributed by atoms with Gasteiger partial charge in [0, 0.05) is 22.1 Å². The number of hydrogen-bond acceptors (Lipinski definition) is 3. The van der Waals surface area contributed by atoms with E-state index in [0.29, 0.717) is 28.6 Å². The third kappa shape index (κ3) is 3.13. The first kappa shape index (κ1) is 19.2. The number of carbonyl (C=O) groups is 1. The fourth-order valence-corrected chi connectivity index (χ4v) is 4.60. The highest BCUT2D eigenvalue weighted by Gasteiger charge is 2.27. The molecule has 0 spiro atoms. The van der Waals surface area contributed by atoms with E-state index in [-0.39, 0.29) is 5.56 Å². The van der Waals surface area contributed by atoms with Crippen LogP contribution in [0.4, 0.5) is 4.39 Å². The van der Waals surface area contributed by atoms with Gasteiger partial charge in [-0.25, -0.2) is 14.2 Å². The second-order valence-electron chi connectivity index (χ2n) is 7.67. The van der Waals surface area contributed by atoms with E-state index >= 15 is 0 Å². The lowest BCUT2D eigenvalue weighted by Crippen LogP contribution is -2.07. The van der Waals surface area contributed by atoms with Gasteiger partial charge in [0.1, 0.15) is 11.6 Å². The molecule has 1 aliphatic rings. The third-order valence-corrected chi connectivity index (χ3v) is 5.92. The zero-order valence-electron chi connectivity index (χ0n) is 17.0. The third-order valence-electron chi connectivity index (χ3n) is 5.92. The van der Waals surface area contributed by atoms with E-state index in [0.717, 1.165) is 40.8 Å². The lowest BCUT2D eigenvalue weighted by Gasteiger charge is -2.18. The molecule has 154 valence electrons. The Hall–Kier alpha value is -3.73. The Labute approximate surface area is 179 Å². The van der Waals surface area contributed by atoms with Crippen LogP contribution in [0.2, 0.25) is 0 Å². The summed E-state index contributed by atoms with van der Waals surface area (Å²) in [6.07, 6.45) is 2.03. The van der Waals surface area contributed by atoms with Crippen molar-refractivity contribution in [2.45, 2.75) is 19.3 Å². The molecule has 5 heteroatoms. The highest BCUT2D eigenvalue weighted by atomic mass is 19.1. The second kappa shape index (κ2) is 7.51. The Morgan fingerprint density at radius 1 is 1.00 bits per heavy atom. The minimum atomic E-state index is -1.06. The molecule has 4 nitrogen and oxygen atoms in total. The topological polar surface area (TPSA) is 59.4 Å². The van der Waals surface area contributed by atoms with E-state index in [2.05, 4.69) is 0 Å². The summed E-state index contributed by atoms with van der Waals surface area (Å²) >= 11 is 0. The van der Waals surface area contributed by atoms with Crippen LogP contribution in [0.25, 0.3) is 33.3 Å². The van der Waals surface area contributed by atoms with E-state index in [1.165, 1.54) is 18.2 Å². The second-order valence-corrected chi connectivity index (χ2v) is 7.67. The van der Waals surface area contributed by atoms with Crippen LogP contribution in [-0.2, 0) is 12.8 Å². The zero-order valence-corrected chi connectivity index (χ0v) is 17.0. The quantitative estimate of drug-likeness (QED) is 0.454. The van der Waals surface area contributed by atoms with E-state index in [9.17, 15) is 14.3 Å². The number of carboxylic acids is 1. The number of methoxy groups -OCH3 is 1. The molecule has 0 unspecified atom stereocenters. The number of aromatic nitrogens is 1. The van der Waals surface area contributed by atoms with Crippen LogP contribution >= 0.6 is 0 Å². The first-order chi connectivity index (χ1) is 15.1. The summed E-state index contributed by atoms with van der Waals surface area (Å²) in [6.45, 7) is 0. The van der Waals surface area contributed by atoms with E-state index < -0.39 is 11.8 Å². The molecule has 4 aromatic rings. The molecule has 0 aliphatic heterocycles. The minimum Gasteiger partial charge on any atom is -0.496 e. The molecule has 0 radical (unpaired) electrons. The summed E-state index contributed by atoms with van der Waals surface area (Å²) in [5.74, 6) is -0.750. The fourth-order valence-electron chi connectivity index (χ4n) is 4.60. The van der Waals surface area contributed by atoms with Gasteiger partial charge in [-0.1, -0.05) is 36.4 Å². The van der Waals surface area contributed by atoms with Crippen molar-refractivity contribution >= 4 is 16.9 Å². The van der Waals surface area contributed by atoms with Gasteiger partial charge < -0.3 is 9.84 Å². The SMILES string of the molecule is COc1c(-c2ccccc2)ccc2c1CCCc1c-2nc2ccc(F)cc2c1C(=O)O. The van der Waals surface area contributed by atoms with Gasteiger partial charge in [0.2, 0.25) is 0 Å². The fraction of sp³-hybridized carbons (Fsp3) is 0.154. The van der Waals surface area contributed by atoms with Crippen LogP contribution in [0.15, 0.2) is 60.7 Å². The number of carboxylic acid groups (broad SMARTS) is 1. The average Bonchev–Trinajstić information content (AvgIpc) is 2.96. The summed E-state index contributed by atoms with van der Waals surface area (Å²) in [4.78, 5) is 17.0. The van der Waals surface area contributed by atoms with Crippen molar-refractivity contribution in [3.8, 4) is 28.1 Å². The van der Waals surface area contributed by atoms with Crippen LogP contribution in [-0.4, -0.2) is 23.2 Å². The maximum Gasteiger partial charge on any atom is 0.336 e. The number of rotatable bonds is 3. The summed E-state index contributed by atoms with van der Waals surface area (Å²) in [5.41, 5.74) is 5.84. The molecule has 0 saturated carbocycles. The molecule has 31 heavy (non-hydrogen) atoms. The van der Waals surface area contributed by atoms with Crippen LogP contribution in [0.1, 0.15) is 27.9 Å². The van der Waals surface area contributed by atoms with Gasteiger partial charge in [0.15, 0.2) is 0 Å². The number of hydrogen-bond donors (Lipinski definition) is 1. The molecule has 1 aliphatic carbocycles. The standard InChI is InChI=1S/C26H20FNO3/c1-31-25-17(15-6-3-2-4-7-15)11-12-18-19(25)8-5-9-20-23(26(29)30)21-14-16(27)10-13-22(21)28-24(18)20/h2-4,6-7,10-14H,5,8-9H2,1H3,(H,29,30). The summed E-state index contributed by atoms with van der Waals surface area (Å²) < 4.78 is 19.8. The Morgan fingerprint density at radius 3 is 2.48 bits per heavy atom. The molecule has 0 bridgehead atoms. The Kier molecular flexibility index (Phi) is 4.66. The highest BCUT2D eigenvalue weighted by Crippen LogP contribution is 2.43. The zero-order chi connectivity index (χ0) is 21.5. The van der Waals surface area contributed by atoms with Crippen molar-refractivity contribution in [1.82, 2.24) is 4.98 Å². The van der Waals surface area contributed by atoms with Crippen LogP contribution in [0.3, 0.4) is 0 Å². The van der Waals surface area contributed by atoms with Gasteiger partial charge in [-0.15, -0.1) is 0 Å². The molecule has 1 aromatic heterocycles. The van der Waals surface area contributed by atoms with Crippen molar-refractivity contribution in [2.24, 2.45) is 0 Å². The van der Waals surface area contributed by atoms with Crippen molar-refractivity contribution < 1.29 is 19.0 Å². The van der Waals surface area contributed by atoms with Crippen LogP contribution in [0, 0.1) is 5.82 Å². The number of halogens is 1. The molecule has 0 fully saturated rings. The lowest BCUT2D eigenvalue weighted by molar-refractivity contribution is 0.0698. The minimum absolute atomic E-state index is 0.137. The molecule has 5 rings (SSSR count). The van der Waals surface area contributed by atoms with Gasteiger partial charge in [0.25, 0.3) is 0 Å². The smallest absolute Gasteiger partial charge is 0.336 e. The summed E-state index contributed by atoms with van der Waals surface area (Å²) in [6, 6.07) is 18.1. The molecule has 3 aromatic carbocycles. The summed E-state index contributed by atoms with van der Waals surface area (Å²) in [5, 5.41) is 10.3. The van der Waals surface area contributed by atoms with E-state index in [4.69, 9.17) is 9.72 Å². The van der Waals surface area contributed by atoms with Crippen molar-refractivity contribution in [3.05, 3.63) is 83.2 Å². The number of ether oxygens (including phenoxy) is 1. The van der Waals surface area contributed by atoms with Crippen molar-refractivity contribution in [3.63, 3.8) is 0 Å². The van der Waals surface area contributed by atoms with Crippen molar-refractivity contribution in [2.75, 3.05) is 7.11 Å². The molecule has 1 N–H and O–H groups in total. The number of nitrogens with zero attached hydrogens (tertiary/aromatic N) is 1. The van der Waals surface area contributed by atoms with E-state index in [1.54, 1.807) is 7.11 Å². The average molecular weight is 413 g/mol. The first-order valence-corrected chi connectivity index (χ1v) is 10.2. The Morgan fingerprint density at radius 2 is 1.74 bits per heavy atom. The van der Waals surface area contributed by atoms with E-state index in [1.807, 2.05) is 42.5 Å². The van der Waals surface area contributed by atoms with Gasteiger partial charge in [-0.2, -0.15) is 0 Å². The molecular formula is C26H20FNO3. The van der Waals surface area contributed by atoms with Crippen LogP contribution in [0.5, 0.6) is 5.75 Å². The highest BCUT2D eigenvalue weighted by molar-refractivity contribution is 6.06. The van der Waals surface area contributed by atoms with Gasteiger partial charge in [-0.05, 0) is 54.7 Å². The molecule has 1 heterocycles. The van der Waals surface area contributed by atoms with Gasteiger partial charge in [0.05, 0.1) is 23.9 Å². The predicted octanol–water partition coefficient (Wildman–Crippen LogP) is 5.90. The predicted molar refractivity (Wildman–Crippen MR) is 118 cm³/mol. The summed E-state index contributed by atoms with van der Waals surface area (Å²) in [7, 11) is 1.66. The number of benzene rings is 3. The number of aromatic carboxylic acids is 1. The molecule has 0 saturated heterocycles. The normalized spacial score (nSPS) is 12.7. The molecule has 0 atom stereocenters.